The van der Waals surface area contributed by atoms with Crippen LogP contribution in [0.1, 0.15) is 23.6 Å². The molecule has 0 radical (unpaired) electrons. The van der Waals surface area contributed by atoms with Crippen molar-refractivity contribution in [1.82, 2.24) is 9.80 Å². The Hall–Kier alpha value is -2.34. The van der Waals surface area contributed by atoms with Gasteiger partial charge in [-0.3, -0.25) is 4.90 Å². The van der Waals surface area contributed by atoms with Gasteiger partial charge in [0.1, 0.15) is 0 Å². The minimum Gasteiger partial charge on any atom is -0.478 e. The number of carboxylic acid groups (broad SMARTS) is 2. The number of ether oxygens (including phenoxy) is 2. The zero-order chi connectivity index (χ0) is 26.9. The van der Waals surface area contributed by atoms with Gasteiger partial charge in [0, 0.05) is 72.0 Å². The molecule has 2 aromatic rings. The Morgan fingerprint density at radius 3 is 2.34 bits per heavy atom. The third kappa shape index (κ3) is 8.08. The van der Waals surface area contributed by atoms with Crippen molar-refractivity contribution in [1.29, 1.82) is 0 Å². The van der Waals surface area contributed by atoms with Gasteiger partial charge in [-0.25, -0.2) is 9.59 Å². The first-order valence-corrected chi connectivity index (χ1v) is 14.7. The highest BCUT2D eigenvalue weighted by Gasteiger charge is 2.30. The number of benzene rings is 2. The lowest BCUT2D eigenvalue weighted by atomic mass is 9.96. The predicted octanol–water partition coefficient (Wildman–Crippen LogP) is 4.25. The third-order valence-electron chi connectivity index (χ3n) is 6.77. The van der Waals surface area contributed by atoms with Gasteiger partial charge >= 0.3 is 11.9 Å². The molecule has 0 bridgehead atoms. The number of thioether (sulfide) groups is 1. The van der Waals surface area contributed by atoms with Gasteiger partial charge in [0.2, 0.25) is 0 Å². The smallest absolute Gasteiger partial charge is 0.328 e. The van der Waals surface area contributed by atoms with Gasteiger partial charge in [0.25, 0.3) is 0 Å². The first-order valence-electron chi connectivity index (χ1n) is 12.7. The molecule has 0 aliphatic carbocycles. The molecule has 8 nitrogen and oxygen atoms in total. The van der Waals surface area contributed by atoms with Crippen molar-refractivity contribution < 1.29 is 29.3 Å². The van der Waals surface area contributed by atoms with Gasteiger partial charge in [0.15, 0.2) is 6.29 Å². The van der Waals surface area contributed by atoms with Crippen molar-refractivity contribution in [2.45, 2.75) is 39.9 Å². The number of carbonyl (C=O) groups is 2. The molecule has 0 amide bonds. The molecular formula is C28H34N2O6S2. The Balaban J connectivity index is 0.000000368. The molecule has 2 saturated heterocycles. The van der Waals surface area contributed by atoms with E-state index < -0.39 is 11.9 Å². The minimum atomic E-state index is -1.26. The summed E-state index contributed by atoms with van der Waals surface area (Å²) in [5.74, 6) is -2.51. The van der Waals surface area contributed by atoms with E-state index in [-0.39, 0.29) is 6.29 Å². The summed E-state index contributed by atoms with van der Waals surface area (Å²) in [4.78, 5) is 28.6. The molecule has 3 aliphatic heterocycles. The lowest BCUT2D eigenvalue weighted by Gasteiger charge is -2.40. The molecule has 204 valence electrons. The Bertz CT molecular complexity index is 1110. The van der Waals surface area contributed by atoms with Crippen molar-refractivity contribution in [3.63, 3.8) is 0 Å². The lowest BCUT2D eigenvalue weighted by molar-refractivity contribution is -0.134. The van der Waals surface area contributed by atoms with E-state index in [1.54, 1.807) is 0 Å². The van der Waals surface area contributed by atoms with Crippen LogP contribution >= 0.6 is 23.5 Å². The van der Waals surface area contributed by atoms with Crippen LogP contribution in [0.15, 0.2) is 69.3 Å². The molecule has 3 aliphatic rings. The van der Waals surface area contributed by atoms with E-state index in [2.05, 4.69) is 58.5 Å². The highest BCUT2D eigenvalue weighted by Crippen LogP contribution is 2.44. The number of rotatable bonds is 7. The topological polar surface area (TPSA) is 99.5 Å². The van der Waals surface area contributed by atoms with Gasteiger partial charge in [-0.15, -0.1) is 11.8 Å². The Kier molecular flexibility index (Phi) is 10.7. The molecule has 3 heterocycles. The summed E-state index contributed by atoms with van der Waals surface area (Å²) in [7, 11) is 0. The molecular weight excluding hydrogens is 524 g/mol. The molecule has 38 heavy (non-hydrogen) atoms. The van der Waals surface area contributed by atoms with Crippen molar-refractivity contribution in [2.24, 2.45) is 0 Å². The molecule has 5 rings (SSSR count). The number of aliphatic carboxylic acids is 2. The monoisotopic (exact) mass is 558 g/mol. The van der Waals surface area contributed by atoms with Crippen LogP contribution in [0.5, 0.6) is 0 Å². The third-order valence-corrected chi connectivity index (χ3v) is 8.70. The summed E-state index contributed by atoms with van der Waals surface area (Å²) >= 11 is 3.78. The van der Waals surface area contributed by atoms with E-state index in [0.717, 1.165) is 58.8 Å². The number of fused-ring (bicyclic) bond motifs is 2. The summed E-state index contributed by atoms with van der Waals surface area (Å²) in [6.07, 6.45) is 5.37. The second-order valence-corrected chi connectivity index (χ2v) is 11.1. The van der Waals surface area contributed by atoms with Crippen LogP contribution in [0.4, 0.5) is 0 Å². The van der Waals surface area contributed by atoms with Gasteiger partial charge in [-0.1, -0.05) is 30.0 Å². The highest BCUT2D eigenvalue weighted by atomic mass is 32.2. The number of hydrogen-bond donors (Lipinski definition) is 2. The van der Waals surface area contributed by atoms with Crippen LogP contribution in [0.2, 0.25) is 0 Å². The highest BCUT2D eigenvalue weighted by molar-refractivity contribution is 7.99. The Morgan fingerprint density at radius 1 is 1.00 bits per heavy atom. The van der Waals surface area contributed by atoms with Crippen molar-refractivity contribution in [3.8, 4) is 0 Å². The second kappa shape index (κ2) is 14.2. The molecule has 2 fully saturated rings. The number of carboxylic acids is 2. The molecule has 2 aromatic carbocycles. The molecule has 0 saturated carbocycles. The van der Waals surface area contributed by atoms with Crippen molar-refractivity contribution >= 4 is 35.5 Å². The predicted molar refractivity (Wildman–Crippen MR) is 148 cm³/mol. The van der Waals surface area contributed by atoms with E-state index >= 15 is 0 Å². The van der Waals surface area contributed by atoms with Crippen molar-refractivity contribution in [2.75, 3.05) is 52.2 Å². The van der Waals surface area contributed by atoms with Crippen molar-refractivity contribution in [3.05, 3.63) is 65.7 Å². The first kappa shape index (κ1) is 28.7. The maximum atomic E-state index is 9.55. The van der Waals surface area contributed by atoms with Crippen LogP contribution in [0.3, 0.4) is 0 Å². The largest absolute Gasteiger partial charge is 0.478 e. The van der Waals surface area contributed by atoms with Gasteiger partial charge < -0.3 is 24.6 Å². The van der Waals surface area contributed by atoms with E-state index in [4.69, 9.17) is 19.7 Å². The molecule has 0 spiro atoms. The van der Waals surface area contributed by atoms with E-state index in [1.807, 2.05) is 23.5 Å². The van der Waals surface area contributed by atoms with Crippen LogP contribution in [-0.2, 0) is 25.5 Å². The average Bonchev–Trinajstić information content (AvgIpc) is 3.39. The fourth-order valence-electron chi connectivity index (χ4n) is 4.84. The minimum absolute atomic E-state index is 0.00950. The fourth-order valence-corrected chi connectivity index (χ4v) is 6.41. The summed E-state index contributed by atoms with van der Waals surface area (Å²) in [6, 6.07) is 16.4. The van der Waals surface area contributed by atoms with Crippen LogP contribution in [0.25, 0.3) is 0 Å². The molecule has 1 atom stereocenters. The van der Waals surface area contributed by atoms with Crippen LogP contribution in [0, 0.1) is 0 Å². The van der Waals surface area contributed by atoms with E-state index in [1.165, 1.54) is 25.8 Å². The van der Waals surface area contributed by atoms with Gasteiger partial charge in [-0.05, 0) is 48.1 Å². The average molecular weight is 559 g/mol. The van der Waals surface area contributed by atoms with Gasteiger partial charge in [-0.2, -0.15) is 0 Å². The molecule has 10 heteroatoms. The van der Waals surface area contributed by atoms with Crippen LogP contribution in [-0.4, -0.2) is 90.4 Å². The van der Waals surface area contributed by atoms with Crippen LogP contribution < -0.4 is 0 Å². The number of piperazine rings is 1. The zero-order valence-electron chi connectivity index (χ0n) is 21.5. The SMILES string of the molecule is CSc1ccc2c(c1)C(N1CCN(CCC3OCCO3)CC1)Cc1ccccc1S2.O=C(O)C=CC(=O)O. The first-order chi connectivity index (χ1) is 18.4. The second-order valence-electron chi connectivity index (χ2n) is 9.18. The lowest BCUT2D eigenvalue weighted by Crippen LogP contribution is -2.48. The number of hydrogen-bond acceptors (Lipinski definition) is 8. The summed E-state index contributed by atoms with van der Waals surface area (Å²) < 4.78 is 11.2. The quantitative estimate of drug-likeness (QED) is 0.379. The summed E-state index contributed by atoms with van der Waals surface area (Å²) in [5, 5.41) is 15.6. The normalized spacial score (nSPS) is 20.3. The Labute approximate surface area is 232 Å². The summed E-state index contributed by atoms with van der Waals surface area (Å²) in [5.41, 5.74) is 2.98. The maximum Gasteiger partial charge on any atom is 0.328 e. The molecule has 1 unspecified atom stereocenters. The van der Waals surface area contributed by atoms with Gasteiger partial charge in [0.05, 0.1) is 13.2 Å². The Morgan fingerprint density at radius 2 is 1.68 bits per heavy atom. The number of nitrogens with zero attached hydrogens (tertiary/aromatic N) is 2. The standard InChI is InChI=1S/C24H30N2O2S2.C4H4O4/c1-29-19-6-7-23-20(17-19)21(16-18-4-2-3-5-22(18)30-23)26-12-10-25(11-13-26)9-8-24-27-14-15-28-24;5-3(6)1-2-4(7)8/h2-7,17,21,24H,8-16H2,1H3;1-2H,(H,5,6)(H,7,8). The van der Waals surface area contributed by atoms with E-state index in [9.17, 15) is 9.59 Å². The molecule has 2 N–H and O–H groups in total. The zero-order valence-corrected chi connectivity index (χ0v) is 23.1. The van der Waals surface area contributed by atoms with E-state index in [0.29, 0.717) is 18.2 Å². The summed E-state index contributed by atoms with van der Waals surface area (Å²) in [6.45, 7) is 7.04. The fraction of sp³-hybridized carbons (Fsp3) is 0.429. The molecule has 0 aromatic heterocycles. The maximum absolute atomic E-state index is 9.55.